The molecule has 1 fully saturated rings. The molecule has 8 heteroatoms. The Hall–Kier alpha value is -3.65. The van der Waals surface area contributed by atoms with Crippen LogP contribution in [0.2, 0.25) is 0 Å². The lowest BCUT2D eigenvalue weighted by molar-refractivity contribution is -0.122. The average molecular weight is 424 g/mol. The second-order valence-electron chi connectivity index (χ2n) is 6.15. The standard InChI is InChI=1S/C22H20N2O5S/c1-27-15-9-7-14(8-10-15)5-4-6-17-20(25)23-22(30)24(21(17)26)18-12-11-16(28-2)13-19(18)29-3/h4-13H,1-3H3,(H,23,25,30)/b5-4+,17-6+. The van der Waals surface area contributed by atoms with Crippen LogP contribution in [0, 0.1) is 0 Å². The number of rotatable bonds is 6. The summed E-state index contributed by atoms with van der Waals surface area (Å²) in [4.78, 5) is 26.6. The second kappa shape index (κ2) is 9.23. The summed E-state index contributed by atoms with van der Waals surface area (Å²) in [5, 5.41) is 2.52. The highest BCUT2D eigenvalue weighted by molar-refractivity contribution is 7.80. The molecule has 3 rings (SSSR count). The highest BCUT2D eigenvalue weighted by Crippen LogP contribution is 2.34. The lowest BCUT2D eigenvalue weighted by Crippen LogP contribution is -2.54. The predicted molar refractivity (Wildman–Crippen MR) is 118 cm³/mol. The van der Waals surface area contributed by atoms with Crippen molar-refractivity contribution in [3.8, 4) is 17.2 Å². The summed E-state index contributed by atoms with van der Waals surface area (Å²) < 4.78 is 15.7. The van der Waals surface area contributed by atoms with E-state index < -0.39 is 11.8 Å². The number of carbonyl (C=O) groups is 2. The first-order chi connectivity index (χ1) is 14.5. The highest BCUT2D eigenvalue weighted by Gasteiger charge is 2.35. The highest BCUT2D eigenvalue weighted by atomic mass is 32.1. The van der Waals surface area contributed by atoms with Gasteiger partial charge in [-0.2, -0.15) is 0 Å². The molecule has 0 spiro atoms. The summed E-state index contributed by atoms with van der Waals surface area (Å²) in [6.45, 7) is 0. The van der Waals surface area contributed by atoms with Crippen molar-refractivity contribution < 1.29 is 23.8 Å². The number of amides is 2. The summed E-state index contributed by atoms with van der Waals surface area (Å²) in [6.07, 6.45) is 4.86. The van der Waals surface area contributed by atoms with Crippen molar-refractivity contribution in [3.05, 3.63) is 65.8 Å². The monoisotopic (exact) mass is 424 g/mol. The van der Waals surface area contributed by atoms with Gasteiger partial charge in [-0.05, 0) is 48.1 Å². The van der Waals surface area contributed by atoms with Gasteiger partial charge in [0.05, 0.1) is 27.0 Å². The van der Waals surface area contributed by atoms with Crippen molar-refractivity contribution in [2.24, 2.45) is 0 Å². The van der Waals surface area contributed by atoms with Gasteiger partial charge >= 0.3 is 0 Å². The number of hydrogen-bond donors (Lipinski definition) is 1. The third-order valence-corrected chi connectivity index (χ3v) is 4.68. The van der Waals surface area contributed by atoms with Gasteiger partial charge in [0.15, 0.2) is 5.11 Å². The molecule has 0 atom stereocenters. The minimum atomic E-state index is -0.562. The molecule has 1 heterocycles. The van der Waals surface area contributed by atoms with E-state index >= 15 is 0 Å². The van der Waals surface area contributed by atoms with E-state index in [1.54, 1.807) is 37.5 Å². The van der Waals surface area contributed by atoms with Crippen molar-refractivity contribution in [2.75, 3.05) is 26.2 Å². The molecule has 1 aliphatic heterocycles. The Labute approximate surface area is 179 Å². The number of nitrogens with one attached hydrogen (secondary N) is 1. The molecule has 0 bridgehead atoms. The number of hydrogen-bond acceptors (Lipinski definition) is 6. The van der Waals surface area contributed by atoms with E-state index in [2.05, 4.69) is 5.32 Å². The minimum absolute atomic E-state index is 0.0234. The van der Waals surface area contributed by atoms with Gasteiger partial charge in [0, 0.05) is 6.07 Å². The molecule has 2 aromatic rings. The Morgan fingerprint density at radius 3 is 2.23 bits per heavy atom. The molecule has 30 heavy (non-hydrogen) atoms. The van der Waals surface area contributed by atoms with Crippen LogP contribution >= 0.6 is 12.2 Å². The van der Waals surface area contributed by atoms with Crippen molar-refractivity contribution in [1.29, 1.82) is 0 Å². The van der Waals surface area contributed by atoms with E-state index in [1.165, 1.54) is 25.2 Å². The number of anilines is 1. The van der Waals surface area contributed by atoms with Crippen molar-refractivity contribution in [1.82, 2.24) is 5.32 Å². The summed E-state index contributed by atoms with van der Waals surface area (Å²) >= 11 is 5.23. The number of methoxy groups -OCH3 is 3. The molecule has 154 valence electrons. The summed E-state index contributed by atoms with van der Waals surface area (Å²) in [5.74, 6) is 0.576. The topological polar surface area (TPSA) is 77.1 Å². The maximum atomic E-state index is 13.1. The van der Waals surface area contributed by atoms with Crippen molar-refractivity contribution in [2.45, 2.75) is 0 Å². The van der Waals surface area contributed by atoms with Crippen LogP contribution < -0.4 is 24.4 Å². The van der Waals surface area contributed by atoms with Gasteiger partial charge in [-0.25, -0.2) is 4.90 Å². The van der Waals surface area contributed by atoms with E-state index in [1.807, 2.05) is 24.3 Å². The Balaban J connectivity index is 1.90. The van der Waals surface area contributed by atoms with Crippen LogP contribution in [0.3, 0.4) is 0 Å². The summed E-state index contributed by atoms with van der Waals surface area (Å²) in [5.41, 5.74) is 1.24. The number of allylic oxidation sites excluding steroid dienone is 2. The molecule has 0 aliphatic carbocycles. The zero-order valence-corrected chi connectivity index (χ0v) is 17.5. The van der Waals surface area contributed by atoms with Gasteiger partial charge in [0.1, 0.15) is 22.8 Å². The van der Waals surface area contributed by atoms with E-state index in [4.69, 9.17) is 26.4 Å². The lowest BCUT2D eigenvalue weighted by atomic mass is 10.1. The molecule has 2 aromatic carbocycles. The Morgan fingerprint density at radius 2 is 1.60 bits per heavy atom. The molecular formula is C22H20N2O5S. The number of ether oxygens (including phenoxy) is 3. The molecule has 7 nitrogen and oxygen atoms in total. The van der Waals surface area contributed by atoms with Crippen molar-refractivity contribution >= 4 is 40.9 Å². The molecule has 0 aromatic heterocycles. The quantitative estimate of drug-likeness (QED) is 0.436. The number of thiocarbonyl (C=S) groups is 1. The van der Waals surface area contributed by atoms with E-state index in [0.29, 0.717) is 17.2 Å². The van der Waals surface area contributed by atoms with Gasteiger partial charge in [0.2, 0.25) is 0 Å². The smallest absolute Gasteiger partial charge is 0.270 e. The maximum absolute atomic E-state index is 13.1. The first-order valence-electron chi connectivity index (χ1n) is 8.92. The van der Waals surface area contributed by atoms with Crippen LogP contribution in [-0.4, -0.2) is 38.3 Å². The Kier molecular flexibility index (Phi) is 6.48. The molecular weight excluding hydrogens is 404 g/mol. The van der Waals surface area contributed by atoms with Gasteiger partial charge in [-0.1, -0.05) is 24.3 Å². The van der Waals surface area contributed by atoms with Crippen LogP contribution in [0.4, 0.5) is 5.69 Å². The van der Waals surface area contributed by atoms with Crippen LogP contribution in [0.25, 0.3) is 6.08 Å². The van der Waals surface area contributed by atoms with Gasteiger partial charge in [0.25, 0.3) is 11.8 Å². The van der Waals surface area contributed by atoms with E-state index in [-0.39, 0.29) is 10.7 Å². The fourth-order valence-electron chi connectivity index (χ4n) is 2.84. The minimum Gasteiger partial charge on any atom is -0.497 e. The van der Waals surface area contributed by atoms with Crippen LogP contribution in [0.1, 0.15) is 5.56 Å². The van der Waals surface area contributed by atoms with Gasteiger partial charge < -0.3 is 14.2 Å². The maximum Gasteiger partial charge on any atom is 0.270 e. The average Bonchev–Trinajstić information content (AvgIpc) is 2.76. The molecule has 0 unspecified atom stereocenters. The molecule has 1 saturated heterocycles. The second-order valence-corrected chi connectivity index (χ2v) is 6.54. The van der Waals surface area contributed by atoms with Gasteiger partial charge in [-0.15, -0.1) is 0 Å². The number of benzene rings is 2. The van der Waals surface area contributed by atoms with Crippen LogP contribution in [-0.2, 0) is 9.59 Å². The summed E-state index contributed by atoms with van der Waals surface area (Å²) in [7, 11) is 4.60. The predicted octanol–water partition coefficient (Wildman–Crippen LogP) is 3.10. The van der Waals surface area contributed by atoms with E-state index in [9.17, 15) is 9.59 Å². The Morgan fingerprint density at radius 1 is 0.933 bits per heavy atom. The third kappa shape index (κ3) is 4.33. The van der Waals surface area contributed by atoms with Gasteiger partial charge in [-0.3, -0.25) is 14.9 Å². The first-order valence-corrected chi connectivity index (χ1v) is 9.33. The zero-order chi connectivity index (χ0) is 21.7. The fraction of sp³-hybridized carbons (Fsp3) is 0.136. The summed E-state index contributed by atoms with van der Waals surface area (Å²) in [6, 6.07) is 12.3. The fourth-order valence-corrected chi connectivity index (χ4v) is 3.11. The first kappa shape index (κ1) is 21.1. The SMILES string of the molecule is COc1ccc(/C=C/C=C2\C(=O)NC(=S)N(c3ccc(OC)cc3OC)C2=O)cc1. The van der Waals surface area contributed by atoms with Crippen LogP contribution in [0.15, 0.2) is 60.2 Å². The number of nitrogens with zero attached hydrogens (tertiary/aromatic N) is 1. The molecule has 2 amide bonds. The molecule has 1 N–H and O–H groups in total. The van der Waals surface area contributed by atoms with Crippen molar-refractivity contribution in [3.63, 3.8) is 0 Å². The molecule has 1 aliphatic rings. The lowest BCUT2D eigenvalue weighted by Gasteiger charge is -2.29. The normalized spacial score (nSPS) is 15.5. The molecule has 0 saturated carbocycles. The Bertz CT molecular complexity index is 1040. The molecule has 0 radical (unpaired) electrons. The number of carbonyl (C=O) groups excluding carboxylic acids is 2. The largest absolute Gasteiger partial charge is 0.497 e. The third-order valence-electron chi connectivity index (χ3n) is 4.40. The van der Waals surface area contributed by atoms with E-state index in [0.717, 1.165) is 11.3 Å². The van der Waals surface area contributed by atoms with Crippen LogP contribution in [0.5, 0.6) is 17.2 Å². The zero-order valence-electron chi connectivity index (χ0n) is 16.7.